The number of aromatic hydroxyl groups is 1. The van der Waals surface area contributed by atoms with E-state index in [1.807, 2.05) is 31.2 Å². The van der Waals surface area contributed by atoms with Gasteiger partial charge < -0.3 is 15.2 Å². The van der Waals surface area contributed by atoms with Gasteiger partial charge in [-0.15, -0.1) is 0 Å². The van der Waals surface area contributed by atoms with Crippen LogP contribution < -0.4 is 15.5 Å². The van der Waals surface area contributed by atoms with E-state index in [0.29, 0.717) is 11.3 Å². The predicted molar refractivity (Wildman–Crippen MR) is 102 cm³/mol. The Morgan fingerprint density at radius 3 is 2.80 bits per heavy atom. The minimum absolute atomic E-state index is 0.0466. The van der Waals surface area contributed by atoms with Gasteiger partial charge in [-0.1, -0.05) is 28.1 Å². The Labute approximate surface area is 155 Å². The van der Waals surface area contributed by atoms with Crippen LogP contribution in [0.15, 0.2) is 46.0 Å². The summed E-state index contributed by atoms with van der Waals surface area (Å²) in [6, 6.07) is 10.6. The molecule has 1 atom stereocenters. The molecule has 0 aliphatic heterocycles. The molecule has 0 aromatic heterocycles. The number of ether oxygens (including phenoxy) is 1. The van der Waals surface area contributed by atoms with E-state index in [-0.39, 0.29) is 11.7 Å². The summed E-state index contributed by atoms with van der Waals surface area (Å²) in [5.41, 5.74) is 4.84. The molecule has 2 rings (SSSR count). The first-order valence-corrected chi connectivity index (χ1v) is 8.42. The molecule has 1 unspecified atom stereocenters. The third kappa shape index (κ3) is 5.22. The summed E-state index contributed by atoms with van der Waals surface area (Å²) in [4.78, 5) is 12.1. The molecule has 25 heavy (non-hydrogen) atoms. The first-order valence-electron chi connectivity index (χ1n) is 7.63. The summed E-state index contributed by atoms with van der Waals surface area (Å²) in [5, 5.41) is 17.1. The van der Waals surface area contributed by atoms with Gasteiger partial charge in [0.05, 0.1) is 13.3 Å². The zero-order chi connectivity index (χ0) is 18.4. The van der Waals surface area contributed by atoms with Crippen LogP contribution in [0, 0.1) is 6.92 Å². The second-order valence-corrected chi connectivity index (χ2v) is 6.43. The van der Waals surface area contributed by atoms with Gasteiger partial charge in [0, 0.05) is 15.7 Å². The lowest BCUT2D eigenvalue weighted by molar-refractivity contribution is -0.121. The predicted octanol–water partition coefficient (Wildman–Crippen LogP) is 3.42. The normalized spacial score (nSPS) is 12.0. The first-order chi connectivity index (χ1) is 11.9. The number of anilines is 1. The highest BCUT2D eigenvalue weighted by Crippen LogP contribution is 2.32. The van der Waals surface area contributed by atoms with Crippen molar-refractivity contribution in [1.29, 1.82) is 0 Å². The van der Waals surface area contributed by atoms with E-state index in [1.54, 1.807) is 19.1 Å². The van der Waals surface area contributed by atoms with Crippen molar-refractivity contribution in [2.24, 2.45) is 5.10 Å². The zero-order valence-corrected chi connectivity index (χ0v) is 15.8. The number of methoxy groups -OCH3 is 1. The lowest BCUT2D eigenvalue weighted by atomic mass is 10.2. The number of rotatable bonds is 6. The molecule has 0 heterocycles. The number of aryl methyl sites for hydroxylation is 1. The highest BCUT2D eigenvalue weighted by Gasteiger charge is 2.12. The maximum absolute atomic E-state index is 12.1. The molecule has 7 heteroatoms. The molecule has 0 saturated heterocycles. The molecule has 3 N–H and O–H groups in total. The van der Waals surface area contributed by atoms with E-state index in [4.69, 9.17) is 4.74 Å². The van der Waals surface area contributed by atoms with Gasteiger partial charge in [-0.3, -0.25) is 4.79 Å². The van der Waals surface area contributed by atoms with Crippen molar-refractivity contribution < 1.29 is 14.6 Å². The molecule has 0 aliphatic rings. The number of nitrogens with zero attached hydrogens (tertiary/aromatic N) is 1. The lowest BCUT2D eigenvalue weighted by Gasteiger charge is -2.13. The van der Waals surface area contributed by atoms with Gasteiger partial charge in [0.15, 0.2) is 11.5 Å². The Hall–Kier alpha value is -2.54. The summed E-state index contributed by atoms with van der Waals surface area (Å²) in [6.07, 6.45) is 1.36. The number of phenolic OH excluding ortho intramolecular Hbond substituents is 1. The second kappa shape index (κ2) is 8.53. The third-order valence-corrected chi connectivity index (χ3v) is 3.92. The summed E-state index contributed by atoms with van der Waals surface area (Å²) < 4.78 is 5.80. The number of carbonyl (C=O) groups is 1. The SMILES string of the molecule is COc1cc(Br)cc(C=NNC(=O)C(C)Nc2cccc(C)c2)c1O. The zero-order valence-electron chi connectivity index (χ0n) is 14.2. The number of phenols is 1. The fraction of sp³-hybridized carbons (Fsp3) is 0.222. The fourth-order valence-electron chi connectivity index (χ4n) is 2.16. The van der Waals surface area contributed by atoms with Gasteiger partial charge in [-0.05, 0) is 43.7 Å². The largest absolute Gasteiger partial charge is 0.504 e. The highest BCUT2D eigenvalue weighted by molar-refractivity contribution is 9.10. The lowest BCUT2D eigenvalue weighted by Crippen LogP contribution is -2.34. The van der Waals surface area contributed by atoms with Crippen LogP contribution in [-0.2, 0) is 4.79 Å². The Kier molecular flexibility index (Phi) is 6.41. The van der Waals surface area contributed by atoms with Crippen LogP contribution in [-0.4, -0.2) is 30.4 Å². The molecule has 2 aromatic rings. The molecule has 0 bridgehead atoms. The molecule has 0 spiro atoms. The molecular formula is C18H20BrN3O3. The molecule has 0 fully saturated rings. The first kappa shape index (κ1) is 18.8. The van der Waals surface area contributed by atoms with Gasteiger partial charge in [0.2, 0.25) is 0 Å². The van der Waals surface area contributed by atoms with Gasteiger partial charge in [-0.2, -0.15) is 5.10 Å². The number of hydrogen-bond acceptors (Lipinski definition) is 5. The summed E-state index contributed by atoms with van der Waals surface area (Å²) in [6.45, 7) is 3.73. The Balaban J connectivity index is 1.99. The number of benzene rings is 2. The van der Waals surface area contributed by atoms with E-state index in [1.165, 1.54) is 13.3 Å². The topological polar surface area (TPSA) is 83.0 Å². The minimum atomic E-state index is -0.468. The van der Waals surface area contributed by atoms with Crippen LogP contribution >= 0.6 is 15.9 Å². The molecule has 0 aliphatic carbocycles. The Morgan fingerprint density at radius 2 is 2.12 bits per heavy atom. The molecule has 1 amide bonds. The number of halogens is 1. The second-order valence-electron chi connectivity index (χ2n) is 5.52. The molecule has 2 aromatic carbocycles. The molecular weight excluding hydrogens is 386 g/mol. The summed E-state index contributed by atoms with van der Waals surface area (Å²) >= 11 is 3.32. The van der Waals surface area contributed by atoms with Crippen LogP contribution in [0.25, 0.3) is 0 Å². The van der Waals surface area contributed by atoms with E-state index >= 15 is 0 Å². The average molecular weight is 406 g/mol. The van der Waals surface area contributed by atoms with E-state index in [9.17, 15) is 9.90 Å². The van der Waals surface area contributed by atoms with Gasteiger partial charge in [0.25, 0.3) is 5.91 Å². The van der Waals surface area contributed by atoms with Crippen molar-refractivity contribution in [3.8, 4) is 11.5 Å². The third-order valence-electron chi connectivity index (χ3n) is 3.46. The number of hydrazone groups is 1. The van der Waals surface area contributed by atoms with Crippen molar-refractivity contribution in [2.45, 2.75) is 19.9 Å². The summed E-state index contributed by atoms with van der Waals surface area (Å²) in [5.74, 6) is -0.0227. The number of amides is 1. The monoisotopic (exact) mass is 405 g/mol. The van der Waals surface area contributed by atoms with E-state index < -0.39 is 6.04 Å². The Morgan fingerprint density at radius 1 is 1.36 bits per heavy atom. The maximum atomic E-state index is 12.1. The van der Waals surface area contributed by atoms with E-state index in [0.717, 1.165) is 15.7 Å². The summed E-state index contributed by atoms with van der Waals surface area (Å²) in [7, 11) is 1.46. The molecule has 132 valence electrons. The van der Waals surface area contributed by atoms with Crippen molar-refractivity contribution in [2.75, 3.05) is 12.4 Å². The van der Waals surface area contributed by atoms with Crippen molar-refractivity contribution in [3.63, 3.8) is 0 Å². The van der Waals surface area contributed by atoms with Gasteiger partial charge >= 0.3 is 0 Å². The van der Waals surface area contributed by atoms with Crippen molar-refractivity contribution in [1.82, 2.24) is 5.43 Å². The van der Waals surface area contributed by atoms with Crippen LogP contribution in [0.5, 0.6) is 11.5 Å². The van der Waals surface area contributed by atoms with Gasteiger partial charge in [-0.25, -0.2) is 5.43 Å². The van der Waals surface area contributed by atoms with Gasteiger partial charge in [0.1, 0.15) is 6.04 Å². The Bertz CT molecular complexity index is 793. The maximum Gasteiger partial charge on any atom is 0.262 e. The molecule has 0 radical (unpaired) electrons. The number of nitrogens with one attached hydrogen (secondary N) is 2. The number of hydrogen-bond donors (Lipinski definition) is 3. The number of carbonyl (C=O) groups excluding carboxylic acids is 1. The average Bonchev–Trinajstić information content (AvgIpc) is 2.57. The van der Waals surface area contributed by atoms with Crippen LogP contribution in [0.1, 0.15) is 18.1 Å². The van der Waals surface area contributed by atoms with Crippen LogP contribution in [0.4, 0.5) is 5.69 Å². The molecule has 6 nitrogen and oxygen atoms in total. The van der Waals surface area contributed by atoms with Crippen molar-refractivity contribution >= 4 is 33.7 Å². The smallest absolute Gasteiger partial charge is 0.262 e. The van der Waals surface area contributed by atoms with Crippen molar-refractivity contribution in [3.05, 3.63) is 52.0 Å². The van der Waals surface area contributed by atoms with Crippen LogP contribution in [0.3, 0.4) is 0 Å². The minimum Gasteiger partial charge on any atom is -0.504 e. The fourth-order valence-corrected chi connectivity index (χ4v) is 2.62. The van der Waals surface area contributed by atoms with Crippen LogP contribution in [0.2, 0.25) is 0 Å². The quantitative estimate of drug-likeness (QED) is 0.507. The highest BCUT2D eigenvalue weighted by atomic mass is 79.9. The molecule has 0 saturated carbocycles. The standard InChI is InChI=1S/C18H20BrN3O3/c1-11-5-4-6-15(7-11)21-12(2)18(24)22-20-10-13-8-14(19)9-16(25-3)17(13)23/h4-10,12,21,23H,1-3H3,(H,22,24). The van der Waals surface area contributed by atoms with E-state index in [2.05, 4.69) is 31.8 Å².